The van der Waals surface area contributed by atoms with E-state index in [0.717, 1.165) is 0 Å². The quantitative estimate of drug-likeness (QED) is 0.834. The number of aromatic nitrogens is 2. The molecule has 0 saturated carbocycles. The molecule has 0 atom stereocenters. The van der Waals surface area contributed by atoms with Crippen LogP contribution in [-0.2, 0) is 0 Å². The lowest BCUT2D eigenvalue weighted by Crippen LogP contribution is -2.15. The Hall–Kier alpha value is -1.52. The van der Waals surface area contributed by atoms with Gasteiger partial charge in [0.15, 0.2) is 0 Å². The first-order chi connectivity index (χ1) is 8.90. The van der Waals surface area contributed by atoms with Crippen LogP contribution in [0.1, 0.15) is 25.3 Å². The van der Waals surface area contributed by atoms with Gasteiger partial charge in [0.1, 0.15) is 0 Å². The molecule has 0 fully saturated rings. The van der Waals surface area contributed by atoms with E-state index < -0.39 is 0 Å². The van der Waals surface area contributed by atoms with E-state index >= 15 is 0 Å². The molecule has 100 valence electrons. The van der Waals surface area contributed by atoms with E-state index in [1.165, 1.54) is 0 Å². The van der Waals surface area contributed by atoms with Crippen molar-refractivity contribution >= 4 is 28.9 Å². The number of nitrogens with one attached hydrogen (secondary N) is 1. The number of nitrogens with two attached hydrogens (primary N) is 1. The van der Waals surface area contributed by atoms with Crippen LogP contribution >= 0.6 is 23.2 Å². The number of anilines is 1. The summed E-state index contributed by atoms with van der Waals surface area (Å²) in [6.45, 7) is 3.86. The Morgan fingerprint density at radius 2 is 1.79 bits per heavy atom. The Bertz CT molecular complexity index is 657. The van der Waals surface area contributed by atoms with Gasteiger partial charge < -0.3 is 5.73 Å². The van der Waals surface area contributed by atoms with Gasteiger partial charge in [0.25, 0.3) is 5.56 Å². The van der Waals surface area contributed by atoms with Crippen LogP contribution in [0, 0.1) is 0 Å². The summed E-state index contributed by atoms with van der Waals surface area (Å²) in [5.74, 6) is 0.0804. The van der Waals surface area contributed by atoms with Gasteiger partial charge >= 0.3 is 0 Å². The maximum Gasteiger partial charge on any atom is 0.267 e. The van der Waals surface area contributed by atoms with Crippen molar-refractivity contribution in [2.45, 2.75) is 19.8 Å². The van der Waals surface area contributed by atoms with Crippen LogP contribution in [0.2, 0.25) is 10.0 Å². The average molecular weight is 298 g/mol. The first kappa shape index (κ1) is 13.9. The van der Waals surface area contributed by atoms with Crippen LogP contribution in [0.3, 0.4) is 0 Å². The normalized spacial score (nSPS) is 11.0. The van der Waals surface area contributed by atoms with Gasteiger partial charge in [0, 0.05) is 16.8 Å². The molecule has 3 N–H and O–H groups in total. The maximum atomic E-state index is 11.7. The first-order valence-electron chi connectivity index (χ1n) is 5.74. The van der Waals surface area contributed by atoms with Crippen molar-refractivity contribution in [3.63, 3.8) is 0 Å². The topological polar surface area (TPSA) is 71.8 Å². The zero-order valence-electron chi connectivity index (χ0n) is 10.5. The smallest absolute Gasteiger partial charge is 0.267 e. The molecule has 0 aliphatic carbocycles. The number of halogens is 2. The van der Waals surface area contributed by atoms with Gasteiger partial charge in [0.2, 0.25) is 0 Å². The van der Waals surface area contributed by atoms with E-state index in [9.17, 15) is 4.79 Å². The summed E-state index contributed by atoms with van der Waals surface area (Å²) in [5, 5.41) is 7.26. The number of aromatic amines is 1. The molecule has 0 saturated heterocycles. The first-order valence-corrected chi connectivity index (χ1v) is 6.50. The molecule has 19 heavy (non-hydrogen) atoms. The molecule has 1 heterocycles. The van der Waals surface area contributed by atoms with Gasteiger partial charge in [0.05, 0.1) is 15.7 Å². The summed E-state index contributed by atoms with van der Waals surface area (Å²) in [7, 11) is 0. The minimum atomic E-state index is -0.207. The molecule has 0 spiro atoms. The highest BCUT2D eigenvalue weighted by Gasteiger charge is 2.14. The maximum absolute atomic E-state index is 11.7. The monoisotopic (exact) mass is 297 g/mol. The van der Waals surface area contributed by atoms with Crippen LogP contribution in [0.25, 0.3) is 11.3 Å². The third-order valence-corrected chi connectivity index (χ3v) is 3.37. The molecule has 0 bridgehead atoms. The minimum absolute atomic E-state index is 0.0804. The molecule has 0 radical (unpaired) electrons. The fraction of sp³-hybridized carbons (Fsp3) is 0.231. The van der Waals surface area contributed by atoms with Crippen LogP contribution in [0.5, 0.6) is 0 Å². The van der Waals surface area contributed by atoms with Crippen molar-refractivity contribution < 1.29 is 0 Å². The molecule has 1 aromatic carbocycles. The van der Waals surface area contributed by atoms with E-state index in [1.807, 2.05) is 13.8 Å². The third kappa shape index (κ3) is 2.74. The van der Waals surface area contributed by atoms with Crippen LogP contribution < -0.4 is 11.3 Å². The van der Waals surface area contributed by atoms with Crippen molar-refractivity contribution in [3.8, 4) is 11.3 Å². The zero-order chi connectivity index (χ0) is 14.2. The van der Waals surface area contributed by atoms with Crippen molar-refractivity contribution in [2.75, 3.05) is 5.73 Å². The molecule has 0 unspecified atom stereocenters. The van der Waals surface area contributed by atoms with Gasteiger partial charge in [-0.25, -0.2) is 5.10 Å². The number of rotatable bonds is 2. The number of H-pyrrole nitrogens is 1. The van der Waals surface area contributed by atoms with E-state index in [-0.39, 0.29) is 11.5 Å². The number of nitrogen functional groups attached to an aromatic ring is 1. The third-order valence-electron chi connectivity index (χ3n) is 2.77. The van der Waals surface area contributed by atoms with Crippen LogP contribution in [0.15, 0.2) is 23.0 Å². The van der Waals surface area contributed by atoms with Gasteiger partial charge in [-0.1, -0.05) is 37.0 Å². The summed E-state index contributed by atoms with van der Waals surface area (Å²) in [4.78, 5) is 11.7. The largest absolute Gasteiger partial charge is 0.399 e. The summed E-state index contributed by atoms with van der Waals surface area (Å²) >= 11 is 12.3. The molecule has 4 nitrogen and oxygen atoms in total. The lowest BCUT2D eigenvalue weighted by Gasteiger charge is -2.10. The molecule has 0 amide bonds. The molecule has 0 aliphatic rings. The predicted octanol–water partition coefficient (Wildman–Crippen LogP) is 3.45. The predicted molar refractivity (Wildman–Crippen MR) is 78.8 cm³/mol. The molecule has 0 aliphatic heterocycles. The van der Waals surface area contributed by atoms with Gasteiger partial charge in [-0.3, -0.25) is 4.79 Å². The summed E-state index contributed by atoms with van der Waals surface area (Å²) in [6.07, 6.45) is 0. The average Bonchev–Trinajstić information content (AvgIpc) is 2.29. The van der Waals surface area contributed by atoms with Crippen molar-refractivity contribution in [1.29, 1.82) is 0 Å². The highest BCUT2D eigenvalue weighted by Crippen LogP contribution is 2.35. The highest BCUT2D eigenvalue weighted by molar-refractivity contribution is 6.39. The SMILES string of the molecule is CC(C)c1cc(-c2c(Cl)cc(N)cc2Cl)n[nH]c1=O. The second kappa shape index (κ2) is 5.23. The van der Waals surface area contributed by atoms with E-state index in [0.29, 0.717) is 32.6 Å². The van der Waals surface area contributed by atoms with Crippen molar-refractivity contribution in [2.24, 2.45) is 0 Å². The lowest BCUT2D eigenvalue weighted by molar-refractivity contribution is 0.822. The lowest BCUT2D eigenvalue weighted by atomic mass is 10.0. The standard InChI is InChI=1S/C13H13Cl2N3O/c1-6(2)8-5-11(17-18-13(8)19)12-9(14)3-7(16)4-10(12)15/h3-6H,16H2,1-2H3,(H,18,19). The van der Waals surface area contributed by atoms with Gasteiger partial charge in [-0.05, 0) is 24.1 Å². The molecule has 6 heteroatoms. The summed E-state index contributed by atoms with van der Waals surface area (Å²) in [5.41, 5.74) is 7.66. The van der Waals surface area contributed by atoms with E-state index in [2.05, 4.69) is 10.2 Å². The Balaban J connectivity index is 2.66. The summed E-state index contributed by atoms with van der Waals surface area (Å²) < 4.78 is 0. The fourth-order valence-electron chi connectivity index (χ4n) is 1.82. The number of hydrogen-bond acceptors (Lipinski definition) is 3. The Morgan fingerprint density at radius 3 is 2.32 bits per heavy atom. The number of benzene rings is 1. The summed E-state index contributed by atoms with van der Waals surface area (Å²) in [6, 6.07) is 4.90. The molecule has 2 rings (SSSR count). The van der Waals surface area contributed by atoms with Crippen molar-refractivity contribution in [3.05, 3.63) is 44.2 Å². The minimum Gasteiger partial charge on any atom is -0.399 e. The number of nitrogens with zero attached hydrogens (tertiary/aromatic N) is 1. The Kier molecular flexibility index (Phi) is 3.83. The van der Waals surface area contributed by atoms with Crippen LogP contribution in [-0.4, -0.2) is 10.2 Å². The Morgan fingerprint density at radius 1 is 1.21 bits per heavy atom. The van der Waals surface area contributed by atoms with Gasteiger partial charge in [-0.15, -0.1) is 0 Å². The fourth-order valence-corrected chi connectivity index (χ4v) is 2.51. The second-order valence-corrected chi connectivity index (χ2v) is 5.37. The van der Waals surface area contributed by atoms with Crippen LogP contribution in [0.4, 0.5) is 5.69 Å². The number of hydrogen-bond donors (Lipinski definition) is 2. The molecular weight excluding hydrogens is 285 g/mol. The Labute approximate surface area is 120 Å². The molecule has 2 aromatic rings. The highest BCUT2D eigenvalue weighted by atomic mass is 35.5. The molecule has 1 aromatic heterocycles. The van der Waals surface area contributed by atoms with E-state index in [4.69, 9.17) is 28.9 Å². The molecular formula is C13H13Cl2N3O. The second-order valence-electron chi connectivity index (χ2n) is 4.55. The van der Waals surface area contributed by atoms with Crippen molar-refractivity contribution in [1.82, 2.24) is 10.2 Å². The zero-order valence-corrected chi connectivity index (χ0v) is 12.0. The van der Waals surface area contributed by atoms with E-state index in [1.54, 1.807) is 18.2 Å². The van der Waals surface area contributed by atoms with Gasteiger partial charge in [-0.2, -0.15) is 5.10 Å².